The van der Waals surface area contributed by atoms with Crippen LogP contribution in [0.2, 0.25) is 0 Å². The van der Waals surface area contributed by atoms with Crippen molar-refractivity contribution in [2.24, 2.45) is 5.92 Å². The molecule has 1 N–H and O–H groups in total. The van der Waals surface area contributed by atoms with Crippen molar-refractivity contribution in [2.45, 2.75) is 25.7 Å². The summed E-state index contributed by atoms with van der Waals surface area (Å²) in [7, 11) is 1.40. The Morgan fingerprint density at radius 1 is 0.892 bits per heavy atom. The summed E-state index contributed by atoms with van der Waals surface area (Å²) in [5.74, 6) is 0.0890. The summed E-state index contributed by atoms with van der Waals surface area (Å²) in [6.07, 6.45) is 7.63. The van der Waals surface area contributed by atoms with Gasteiger partial charge >= 0.3 is 6.09 Å². The molecule has 2 aliphatic heterocycles. The fraction of sp³-hybridized carbons (Fsp3) is 0.400. The Labute approximate surface area is 225 Å². The molecule has 0 saturated carbocycles. The van der Waals surface area contributed by atoms with Crippen LogP contribution in [0.1, 0.15) is 47.9 Å². The molecule has 0 spiro atoms. The van der Waals surface area contributed by atoms with Gasteiger partial charge in [-0.25, -0.2) is 4.79 Å². The standard InChI is InChI=1S/C30H35N3O3.ClH/c1-36-30(35)33-19-14-25(15-20-33)29(34)31-16-21-32-17-12-24(13-18-32)28-26-8-4-2-6-22(26)10-11-23-7-3-5-9-27(23)28;/h2-11,25H,12-21H2,1H3,(H,31,34);1H. The van der Waals surface area contributed by atoms with Crippen LogP contribution in [0.5, 0.6) is 0 Å². The van der Waals surface area contributed by atoms with E-state index in [0.29, 0.717) is 32.5 Å². The van der Waals surface area contributed by atoms with Crippen LogP contribution in [0.15, 0.2) is 54.1 Å². The van der Waals surface area contributed by atoms with Gasteiger partial charge in [0.25, 0.3) is 0 Å². The molecule has 37 heavy (non-hydrogen) atoms. The first kappa shape index (κ1) is 27.0. The van der Waals surface area contributed by atoms with E-state index in [2.05, 4.69) is 70.9 Å². The molecule has 0 atom stereocenters. The molecule has 6 nitrogen and oxygen atoms in total. The first-order valence-electron chi connectivity index (χ1n) is 13.1. The maximum absolute atomic E-state index is 12.6. The second kappa shape index (κ2) is 12.4. The molecule has 2 aromatic rings. The van der Waals surface area contributed by atoms with E-state index in [-0.39, 0.29) is 30.3 Å². The van der Waals surface area contributed by atoms with Crippen LogP contribution in [-0.4, -0.2) is 68.2 Å². The molecule has 5 rings (SSSR count). The number of amides is 2. The summed E-state index contributed by atoms with van der Waals surface area (Å²) >= 11 is 0. The number of hydrogen-bond donors (Lipinski definition) is 1. The Bertz CT molecular complexity index is 1120. The first-order chi connectivity index (χ1) is 17.6. The minimum Gasteiger partial charge on any atom is -0.453 e. The number of carbonyl (C=O) groups excluding carboxylic acids is 2. The third-order valence-electron chi connectivity index (χ3n) is 7.74. The predicted octanol–water partition coefficient (Wildman–Crippen LogP) is 5.08. The molecule has 2 aromatic carbocycles. The summed E-state index contributed by atoms with van der Waals surface area (Å²) in [6.45, 7) is 4.70. The maximum atomic E-state index is 12.6. The summed E-state index contributed by atoms with van der Waals surface area (Å²) in [4.78, 5) is 28.4. The van der Waals surface area contributed by atoms with Crippen molar-refractivity contribution in [1.82, 2.24) is 15.1 Å². The highest BCUT2D eigenvalue weighted by Gasteiger charge is 2.28. The molecule has 2 amide bonds. The van der Waals surface area contributed by atoms with Crippen LogP contribution in [0.25, 0.3) is 17.7 Å². The van der Waals surface area contributed by atoms with Crippen molar-refractivity contribution in [3.63, 3.8) is 0 Å². The van der Waals surface area contributed by atoms with Crippen molar-refractivity contribution in [1.29, 1.82) is 0 Å². The first-order valence-corrected chi connectivity index (χ1v) is 13.1. The number of piperidine rings is 2. The van der Waals surface area contributed by atoms with Crippen molar-refractivity contribution in [2.75, 3.05) is 46.4 Å². The summed E-state index contributed by atoms with van der Waals surface area (Å²) < 4.78 is 4.78. The van der Waals surface area contributed by atoms with Crippen molar-refractivity contribution >= 4 is 42.1 Å². The van der Waals surface area contributed by atoms with Gasteiger partial charge < -0.3 is 19.9 Å². The molecule has 7 heteroatoms. The molecule has 2 saturated heterocycles. The van der Waals surface area contributed by atoms with E-state index in [4.69, 9.17) is 4.74 Å². The van der Waals surface area contributed by atoms with Gasteiger partial charge in [0.1, 0.15) is 0 Å². The second-order valence-corrected chi connectivity index (χ2v) is 9.85. The largest absolute Gasteiger partial charge is 0.453 e. The number of methoxy groups -OCH3 is 1. The van der Waals surface area contributed by atoms with E-state index >= 15 is 0 Å². The zero-order chi connectivity index (χ0) is 24.9. The number of hydrogen-bond acceptors (Lipinski definition) is 4. The lowest BCUT2D eigenvalue weighted by molar-refractivity contribution is -0.126. The van der Waals surface area contributed by atoms with Crippen LogP contribution >= 0.6 is 12.4 Å². The average molecular weight is 522 g/mol. The summed E-state index contributed by atoms with van der Waals surface area (Å²) in [5.41, 5.74) is 8.13. The van der Waals surface area contributed by atoms with E-state index in [1.54, 1.807) is 4.90 Å². The van der Waals surface area contributed by atoms with E-state index < -0.39 is 0 Å². The Kier molecular flexibility index (Phi) is 9.06. The predicted molar refractivity (Wildman–Crippen MR) is 150 cm³/mol. The minimum atomic E-state index is -0.305. The Morgan fingerprint density at radius 2 is 1.46 bits per heavy atom. The van der Waals surface area contributed by atoms with Crippen molar-refractivity contribution < 1.29 is 14.3 Å². The van der Waals surface area contributed by atoms with E-state index in [1.165, 1.54) is 40.5 Å². The number of ether oxygens (including phenoxy) is 1. The fourth-order valence-corrected chi connectivity index (χ4v) is 5.68. The highest BCUT2D eigenvalue weighted by Crippen LogP contribution is 2.38. The van der Waals surface area contributed by atoms with Gasteiger partial charge in [0, 0.05) is 45.2 Å². The number of halogens is 1. The van der Waals surface area contributed by atoms with Gasteiger partial charge in [0.05, 0.1) is 7.11 Å². The van der Waals surface area contributed by atoms with Crippen LogP contribution in [-0.2, 0) is 9.53 Å². The number of carbonyl (C=O) groups is 2. The summed E-state index contributed by atoms with van der Waals surface area (Å²) in [6, 6.07) is 17.4. The molecule has 2 fully saturated rings. The molecule has 0 bridgehead atoms. The highest BCUT2D eigenvalue weighted by molar-refractivity contribution is 5.95. The molecule has 0 unspecified atom stereocenters. The molecule has 3 aliphatic rings. The third-order valence-corrected chi connectivity index (χ3v) is 7.74. The topological polar surface area (TPSA) is 61.9 Å². The van der Waals surface area contributed by atoms with Gasteiger partial charge in [0.2, 0.25) is 5.91 Å². The smallest absolute Gasteiger partial charge is 0.409 e. The molecule has 0 aromatic heterocycles. The van der Waals surface area contributed by atoms with Crippen LogP contribution in [0, 0.1) is 5.92 Å². The SMILES string of the molecule is COC(=O)N1CCC(C(=O)NCCN2CCC(=C3c4ccccc4C=Cc4ccccc43)CC2)CC1.Cl. The van der Waals surface area contributed by atoms with E-state index in [1.807, 2.05) is 0 Å². The Hall–Kier alpha value is -3.09. The number of nitrogens with one attached hydrogen (secondary N) is 1. The molecular weight excluding hydrogens is 486 g/mol. The van der Waals surface area contributed by atoms with E-state index in [9.17, 15) is 9.59 Å². The number of nitrogens with zero attached hydrogens (tertiary/aromatic N) is 2. The second-order valence-electron chi connectivity index (χ2n) is 9.85. The third kappa shape index (κ3) is 6.08. The van der Waals surface area contributed by atoms with Gasteiger partial charge in [-0.05, 0) is 53.5 Å². The lowest BCUT2D eigenvalue weighted by Gasteiger charge is -2.32. The summed E-state index contributed by atoms with van der Waals surface area (Å²) in [5, 5.41) is 3.13. The maximum Gasteiger partial charge on any atom is 0.409 e. The zero-order valence-electron chi connectivity index (χ0n) is 21.4. The molecular formula is C30H36ClN3O3. The van der Waals surface area contributed by atoms with Crippen LogP contribution in [0.3, 0.4) is 0 Å². The molecule has 2 heterocycles. The van der Waals surface area contributed by atoms with Gasteiger partial charge in [0.15, 0.2) is 0 Å². The number of benzene rings is 2. The molecule has 196 valence electrons. The minimum absolute atomic E-state index is 0. The van der Waals surface area contributed by atoms with Gasteiger partial charge in [-0.3, -0.25) is 4.79 Å². The quantitative estimate of drug-likeness (QED) is 0.520. The van der Waals surface area contributed by atoms with E-state index in [0.717, 1.165) is 32.5 Å². The molecule has 1 aliphatic carbocycles. The van der Waals surface area contributed by atoms with Gasteiger partial charge in [-0.1, -0.05) is 66.3 Å². The number of rotatable bonds is 4. The van der Waals surface area contributed by atoms with Crippen molar-refractivity contribution in [3.05, 3.63) is 76.4 Å². The lowest BCUT2D eigenvalue weighted by Crippen LogP contribution is -2.44. The van der Waals surface area contributed by atoms with Crippen LogP contribution < -0.4 is 5.32 Å². The normalized spacial score (nSPS) is 17.8. The Morgan fingerprint density at radius 3 is 2.03 bits per heavy atom. The number of fused-ring (bicyclic) bond motifs is 2. The van der Waals surface area contributed by atoms with Crippen LogP contribution in [0.4, 0.5) is 4.79 Å². The number of likely N-dealkylation sites (tertiary alicyclic amines) is 2. The van der Waals surface area contributed by atoms with Crippen molar-refractivity contribution in [3.8, 4) is 0 Å². The van der Waals surface area contributed by atoms with Gasteiger partial charge in [-0.2, -0.15) is 0 Å². The average Bonchev–Trinajstić information content (AvgIpc) is 3.10. The van der Waals surface area contributed by atoms with Gasteiger partial charge in [-0.15, -0.1) is 12.4 Å². The fourth-order valence-electron chi connectivity index (χ4n) is 5.68. The Balaban J connectivity index is 0.00000320. The highest BCUT2D eigenvalue weighted by atomic mass is 35.5. The molecule has 0 radical (unpaired) electrons. The monoisotopic (exact) mass is 521 g/mol. The lowest BCUT2D eigenvalue weighted by atomic mass is 9.86. The zero-order valence-corrected chi connectivity index (χ0v) is 22.3.